The summed E-state index contributed by atoms with van der Waals surface area (Å²) in [4.78, 5) is 29.7. The van der Waals surface area contributed by atoms with Gasteiger partial charge in [-0.25, -0.2) is 12.8 Å². The van der Waals surface area contributed by atoms with Gasteiger partial charge in [-0.3, -0.25) is 13.9 Å². The number of benzene rings is 4. The lowest BCUT2D eigenvalue weighted by molar-refractivity contribution is -0.140. The molecule has 0 saturated carbocycles. The Morgan fingerprint density at radius 2 is 1.53 bits per heavy atom. The van der Waals surface area contributed by atoms with E-state index in [-0.39, 0.29) is 23.5 Å². The first-order valence-corrected chi connectivity index (χ1v) is 17.0. The van der Waals surface area contributed by atoms with Crippen LogP contribution in [0.4, 0.5) is 10.1 Å². The third-order valence-electron chi connectivity index (χ3n) is 7.13. The predicted molar refractivity (Wildman–Crippen MR) is 182 cm³/mol. The van der Waals surface area contributed by atoms with Crippen LogP contribution in [0.15, 0.2) is 108 Å². The fraction of sp³-hybridized carbons (Fsp3) is 0.278. The van der Waals surface area contributed by atoms with Crippen molar-refractivity contribution in [1.29, 1.82) is 0 Å². The molecule has 11 heteroatoms. The SMILES string of the molecule is CCOc1ccc(N(CC(=O)N(Cc2cccc(Cl)c2)C(Cc2ccccc2)C(=O)NC(C)(C)C)S(=O)(=O)c2ccc(F)cc2)cc1. The van der Waals surface area contributed by atoms with E-state index in [9.17, 15) is 22.4 Å². The summed E-state index contributed by atoms with van der Waals surface area (Å²) in [7, 11) is -4.38. The molecule has 0 fully saturated rings. The van der Waals surface area contributed by atoms with Crippen molar-refractivity contribution in [3.63, 3.8) is 0 Å². The van der Waals surface area contributed by atoms with E-state index in [4.69, 9.17) is 16.3 Å². The van der Waals surface area contributed by atoms with Crippen molar-refractivity contribution in [1.82, 2.24) is 10.2 Å². The summed E-state index contributed by atoms with van der Waals surface area (Å²) in [6.45, 7) is 7.09. The Kier molecular flexibility index (Phi) is 11.7. The number of amides is 2. The van der Waals surface area contributed by atoms with Crippen molar-refractivity contribution in [3.8, 4) is 5.75 Å². The maximum Gasteiger partial charge on any atom is 0.264 e. The lowest BCUT2D eigenvalue weighted by Crippen LogP contribution is -2.56. The molecule has 0 saturated heterocycles. The molecule has 0 aliphatic heterocycles. The van der Waals surface area contributed by atoms with Gasteiger partial charge in [-0.05, 0) is 99.5 Å². The van der Waals surface area contributed by atoms with Crippen LogP contribution in [0.1, 0.15) is 38.8 Å². The predicted octanol–water partition coefficient (Wildman–Crippen LogP) is 6.63. The van der Waals surface area contributed by atoms with Crippen LogP contribution in [0.25, 0.3) is 0 Å². The molecule has 1 unspecified atom stereocenters. The van der Waals surface area contributed by atoms with Crippen molar-refractivity contribution in [2.75, 3.05) is 17.5 Å². The van der Waals surface area contributed by atoms with Crippen LogP contribution in [0.2, 0.25) is 5.02 Å². The molecule has 4 aromatic carbocycles. The van der Waals surface area contributed by atoms with E-state index in [1.165, 1.54) is 17.0 Å². The summed E-state index contributed by atoms with van der Waals surface area (Å²) < 4.78 is 48.5. The van der Waals surface area contributed by atoms with Gasteiger partial charge in [0.2, 0.25) is 11.8 Å². The molecule has 0 bridgehead atoms. The first-order valence-electron chi connectivity index (χ1n) is 15.2. The molecule has 0 aliphatic rings. The van der Waals surface area contributed by atoms with Crippen LogP contribution in [-0.4, -0.2) is 49.9 Å². The van der Waals surface area contributed by atoms with Crippen LogP contribution >= 0.6 is 11.6 Å². The van der Waals surface area contributed by atoms with Gasteiger partial charge >= 0.3 is 0 Å². The molecule has 1 N–H and O–H groups in total. The lowest BCUT2D eigenvalue weighted by atomic mass is 10.0. The second-order valence-electron chi connectivity index (χ2n) is 12.0. The standard InChI is InChI=1S/C36H39ClFN3O5S/c1-5-46-31-18-16-30(17-19-31)41(47(44,45)32-20-14-29(38)15-21-32)25-34(42)40(24-27-12-9-13-28(37)22-27)33(35(43)39-36(2,3)4)23-26-10-7-6-8-11-26/h6-22,33H,5,23-25H2,1-4H3,(H,39,43). The molecule has 4 aromatic rings. The topological polar surface area (TPSA) is 96.0 Å². The number of anilines is 1. The third kappa shape index (κ3) is 9.79. The van der Waals surface area contributed by atoms with Gasteiger partial charge in [0.1, 0.15) is 24.2 Å². The van der Waals surface area contributed by atoms with E-state index in [0.717, 1.165) is 34.1 Å². The molecule has 0 heterocycles. The van der Waals surface area contributed by atoms with E-state index in [2.05, 4.69) is 5.32 Å². The number of rotatable bonds is 13. The van der Waals surface area contributed by atoms with E-state index < -0.39 is 45.8 Å². The Balaban J connectivity index is 1.82. The Morgan fingerprint density at radius 1 is 0.894 bits per heavy atom. The van der Waals surface area contributed by atoms with Crippen molar-refractivity contribution in [3.05, 3.63) is 125 Å². The van der Waals surface area contributed by atoms with Gasteiger partial charge in [-0.2, -0.15) is 0 Å². The van der Waals surface area contributed by atoms with E-state index in [1.807, 2.05) is 58.0 Å². The maximum atomic E-state index is 14.5. The van der Waals surface area contributed by atoms with Gasteiger partial charge in [0.15, 0.2) is 0 Å². The van der Waals surface area contributed by atoms with Crippen LogP contribution in [-0.2, 0) is 32.6 Å². The highest BCUT2D eigenvalue weighted by atomic mass is 35.5. The molecule has 0 aromatic heterocycles. The van der Waals surface area contributed by atoms with Crippen LogP contribution in [0, 0.1) is 5.82 Å². The largest absolute Gasteiger partial charge is 0.494 e. The fourth-order valence-corrected chi connectivity index (χ4v) is 6.60. The third-order valence-corrected chi connectivity index (χ3v) is 9.15. The average Bonchev–Trinajstić information content (AvgIpc) is 3.02. The summed E-state index contributed by atoms with van der Waals surface area (Å²) in [5.41, 5.74) is 1.04. The summed E-state index contributed by atoms with van der Waals surface area (Å²) >= 11 is 6.30. The van der Waals surface area contributed by atoms with Gasteiger partial charge in [0.25, 0.3) is 10.0 Å². The highest BCUT2D eigenvalue weighted by Gasteiger charge is 2.35. The maximum absolute atomic E-state index is 14.5. The Bertz CT molecular complexity index is 1760. The van der Waals surface area contributed by atoms with E-state index >= 15 is 0 Å². The molecular formula is C36H39ClFN3O5S. The molecular weight excluding hydrogens is 641 g/mol. The minimum Gasteiger partial charge on any atom is -0.494 e. The molecule has 0 spiro atoms. The number of carbonyl (C=O) groups excluding carboxylic acids is 2. The number of hydrogen-bond acceptors (Lipinski definition) is 5. The smallest absolute Gasteiger partial charge is 0.264 e. The number of nitrogens with zero attached hydrogens (tertiary/aromatic N) is 2. The van der Waals surface area contributed by atoms with Crippen molar-refractivity contribution in [2.45, 2.75) is 57.1 Å². The Morgan fingerprint density at radius 3 is 2.13 bits per heavy atom. The normalized spacial score (nSPS) is 12.2. The monoisotopic (exact) mass is 679 g/mol. The summed E-state index contributed by atoms with van der Waals surface area (Å²) in [5, 5.41) is 3.44. The average molecular weight is 680 g/mol. The van der Waals surface area contributed by atoms with Crippen molar-refractivity contribution in [2.24, 2.45) is 0 Å². The fourth-order valence-electron chi connectivity index (χ4n) is 4.98. The molecule has 47 heavy (non-hydrogen) atoms. The zero-order chi connectivity index (χ0) is 34.2. The first-order chi connectivity index (χ1) is 22.3. The second kappa shape index (κ2) is 15.5. The van der Waals surface area contributed by atoms with Gasteiger partial charge in [0, 0.05) is 23.5 Å². The van der Waals surface area contributed by atoms with Crippen LogP contribution in [0.5, 0.6) is 5.75 Å². The summed E-state index contributed by atoms with van der Waals surface area (Å²) in [6.07, 6.45) is 0.169. The number of hydrogen-bond donors (Lipinski definition) is 1. The van der Waals surface area contributed by atoms with Gasteiger partial charge < -0.3 is 15.0 Å². The number of sulfonamides is 1. The number of ether oxygens (including phenoxy) is 1. The van der Waals surface area contributed by atoms with Gasteiger partial charge in [-0.1, -0.05) is 54.1 Å². The van der Waals surface area contributed by atoms with Crippen molar-refractivity contribution >= 4 is 39.1 Å². The lowest BCUT2D eigenvalue weighted by Gasteiger charge is -2.35. The molecule has 1 atom stereocenters. The van der Waals surface area contributed by atoms with Gasteiger partial charge in [-0.15, -0.1) is 0 Å². The summed E-state index contributed by atoms with van der Waals surface area (Å²) in [6, 6.07) is 25.9. The number of halogens is 2. The molecule has 248 valence electrons. The number of carbonyl (C=O) groups is 2. The highest BCUT2D eigenvalue weighted by molar-refractivity contribution is 7.92. The Hall–Kier alpha value is -4.41. The zero-order valence-electron chi connectivity index (χ0n) is 26.8. The highest BCUT2D eigenvalue weighted by Crippen LogP contribution is 2.27. The molecule has 0 aliphatic carbocycles. The number of nitrogens with one attached hydrogen (secondary N) is 1. The Labute approximate surface area is 281 Å². The van der Waals surface area contributed by atoms with Crippen LogP contribution in [0.3, 0.4) is 0 Å². The van der Waals surface area contributed by atoms with Crippen molar-refractivity contribution < 1.29 is 27.1 Å². The van der Waals surface area contributed by atoms with Crippen LogP contribution < -0.4 is 14.4 Å². The van der Waals surface area contributed by atoms with E-state index in [0.29, 0.717) is 22.9 Å². The minimum atomic E-state index is -4.38. The first kappa shape index (κ1) is 35.4. The molecule has 8 nitrogen and oxygen atoms in total. The molecule has 4 rings (SSSR count). The van der Waals surface area contributed by atoms with E-state index in [1.54, 1.807) is 36.4 Å². The molecule has 0 radical (unpaired) electrons. The molecule has 2 amide bonds. The van der Waals surface area contributed by atoms with Gasteiger partial charge in [0.05, 0.1) is 17.2 Å². The summed E-state index contributed by atoms with van der Waals surface area (Å²) in [5.74, 6) is -1.11. The minimum absolute atomic E-state index is 0.0256. The quantitative estimate of drug-likeness (QED) is 0.171. The second-order valence-corrected chi connectivity index (χ2v) is 14.3. The zero-order valence-corrected chi connectivity index (χ0v) is 28.4.